The molecule has 13 amide bonds. The SMILES string of the molecule is CC[C@H](C)[C@H](NC(=O)[C@H](CCC(=O)O)NC(=O)[C@H](CC(=O)O)NC(=O)[C@H](CC(C)C)NC(=O)[C@H](Cc1ccc(O)cc1)NC(=O)[C@H](CCCN=C(N)N)NC(=O)[C@H](C)NC(=O)[C@H](CC(C)C)NC(=O)CNC(=O)[C@@H](N)CCSC)C(=O)N[C@@H](CC(N)=O)C(=O)N[C@@H](CC(C)C)C(=O)N[C@@H](CC(C)C)C(=O)O. The van der Waals surface area contributed by atoms with Gasteiger partial charge >= 0.3 is 17.9 Å². The molecule has 1 aromatic carbocycles. The second-order valence-corrected chi connectivity index (χ2v) is 28.7. The van der Waals surface area contributed by atoms with Gasteiger partial charge in [0.1, 0.15) is 72.2 Å². The fraction of sp³-hybridized carbons (Fsp3) is 0.662. The summed E-state index contributed by atoms with van der Waals surface area (Å²) in [5, 5.41) is 69.2. The number of thioether (sulfide) groups is 1. The summed E-state index contributed by atoms with van der Waals surface area (Å²) in [6.45, 7) is 17.6. The number of carbonyl (C=O) groups is 16. The summed E-state index contributed by atoms with van der Waals surface area (Å²) in [7, 11) is 0. The van der Waals surface area contributed by atoms with Gasteiger partial charge in [-0.15, -0.1) is 0 Å². The topological polar surface area (TPSA) is 615 Å². The Kier molecular flexibility index (Phi) is 42.9. The Labute approximate surface area is 621 Å². The molecule has 1 aromatic rings. The first-order valence-corrected chi connectivity index (χ1v) is 36.5. The van der Waals surface area contributed by atoms with E-state index in [0.29, 0.717) is 17.7 Å². The van der Waals surface area contributed by atoms with Gasteiger partial charge in [-0.1, -0.05) is 87.8 Å². The number of hydrogen-bond donors (Lipinski definition) is 20. The van der Waals surface area contributed by atoms with E-state index in [1.54, 1.807) is 62.3 Å². The Balaban J connectivity index is 3.75. The van der Waals surface area contributed by atoms with Crippen LogP contribution in [0.25, 0.3) is 0 Å². The Hall–Kier alpha value is -9.88. The number of benzene rings is 1. The van der Waals surface area contributed by atoms with Crippen molar-refractivity contribution < 1.29 is 97.1 Å². The molecule has 0 aliphatic rings. The number of phenols is 1. The van der Waals surface area contributed by atoms with Gasteiger partial charge in [-0.05, 0) is 118 Å². The zero-order valence-corrected chi connectivity index (χ0v) is 63.2. The normalized spacial score (nSPS) is 14.9. The van der Waals surface area contributed by atoms with E-state index in [1.807, 2.05) is 6.26 Å². The van der Waals surface area contributed by atoms with Crippen molar-refractivity contribution in [3.05, 3.63) is 29.8 Å². The molecule has 0 aliphatic carbocycles. The van der Waals surface area contributed by atoms with Gasteiger partial charge in [0.15, 0.2) is 5.96 Å². The van der Waals surface area contributed by atoms with Gasteiger partial charge in [-0.25, -0.2) is 4.79 Å². The molecule has 596 valence electrons. The Morgan fingerprint density at radius 2 is 0.877 bits per heavy atom. The van der Waals surface area contributed by atoms with Gasteiger partial charge in [0.05, 0.1) is 25.4 Å². The molecule has 0 fully saturated rings. The molecule has 38 heteroatoms. The van der Waals surface area contributed by atoms with Crippen LogP contribution in [0.15, 0.2) is 29.3 Å². The number of hydrogen-bond acceptors (Lipinski definition) is 20. The summed E-state index contributed by atoms with van der Waals surface area (Å²) in [6, 6.07) is -13.0. The van der Waals surface area contributed by atoms with E-state index in [1.165, 1.54) is 49.9 Å². The largest absolute Gasteiger partial charge is 0.508 e. The van der Waals surface area contributed by atoms with Crippen molar-refractivity contribution in [1.82, 2.24) is 63.8 Å². The standard InChI is InChI=1S/C68H113N17O20S/c1-13-37(10)55(66(103)83-48(30-51(70)87)64(101)80-46(27-35(6)7)62(99)84-50(67(104)105)28-36(8)9)85-59(96)43(20-21-53(89)90)78-65(102)49(31-54(91)92)82-61(98)45(26-34(4)5)79-63(100)47(29-39-16-18-40(86)19-17-39)81-58(95)42(15-14-23-73-68(71)72)77-56(93)38(11)75-60(97)44(25-33(2)3)76-52(88)32-74-57(94)41(69)22-24-106-12/h16-19,33-38,41-50,55,86H,13-15,20-32,69H2,1-12H3,(H2,70,87)(H,74,94)(H,75,97)(H,76,88)(H,77,93)(H,78,102)(H,79,100)(H,80,101)(H,81,95)(H,82,98)(H,83,103)(H,84,99)(H,85,96)(H,89,90)(H,91,92)(H,104,105)(H4,71,72,73)/t37-,38-,41-,42-,43-,44-,45-,46-,47-,48-,49-,50-,55-/m0/s1. The average molecular weight is 1520 g/mol. The number of phenolic OH excluding ortho intramolecular Hbond substituents is 1. The minimum Gasteiger partial charge on any atom is -0.508 e. The van der Waals surface area contributed by atoms with Gasteiger partial charge in [-0.2, -0.15) is 11.8 Å². The third kappa shape index (κ3) is 37.7. The number of carboxylic acids is 3. The zero-order valence-electron chi connectivity index (χ0n) is 62.4. The number of nitrogens with two attached hydrogens (primary N) is 4. The van der Waals surface area contributed by atoms with Crippen molar-refractivity contribution in [3.8, 4) is 5.75 Å². The van der Waals surface area contributed by atoms with E-state index in [2.05, 4.69) is 68.8 Å². The molecule has 0 saturated carbocycles. The van der Waals surface area contributed by atoms with Gasteiger partial charge in [0.2, 0.25) is 76.8 Å². The van der Waals surface area contributed by atoms with Crippen molar-refractivity contribution >= 4 is 112 Å². The lowest BCUT2D eigenvalue weighted by Crippen LogP contribution is -2.62. The highest BCUT2D eigenvalue weighted by Crippen LogP contribution is 2.17. The molecule has 0 radical (unpaired) electrons. The molecule has 24 N–H and O–H groups in total. The van der Waals surface area contributed by atoms with Crippen molar-refractivity contribution in [2.45, 2.75) is 232 Å². The summed E-state index contributed by atoms with van der Waals surface area (Å²) >= 11 is 1.48. The molecule has 0 bridgehead atoms. The maximum atomic E-state index is 14.7. The second kappa shape index (κ2) is 48.3. The first-order chi connectivity index (χ1) is 49.5. The van der Waals surface area contributed by atoms with E-state index in [4.69, 9.17) is 22.9 Å². The van der Waals surface area contributed by atoms with E-state index < -0.39 is 211 Å². The van der Waals surface area contributed by atoms with Crippen LogP contribution in [0.5, 0.6) is 5.75 Å². The quantitative estimate of drug-likeness (QED) is 0.0176. The van der Waals surface area contributed by atoms with Crippen LogP contribution < -0.4 is 86.7 Å². The van der Waals surface area contributed by atoms with E-state index in [9.17, 15) is 97.1 Å². The molecular formula is C68H113N17O20S. The lowest BCUT2D eigenvalue weighted by Gasteiger charge is -2.30. The molecule has 0 spiro atoms. The number of guanidine groups is 1. The van der Waals surface area contributed by atoms with E-state index in [-0.39, 0.29) is 87.4 Å². The van der Waals surface area contributed by atoms with Crippen LogP contribution in [-0.2, 0) is 83.1 Å². The van der Waals surface area contributed by atoms with Crippen LogP contribution in [0.2, 0.25) is 0 Å². The van der Waals surface area contributed by atoms with E-state index in [0.717, 1.165) is 0 Å². The van der Waals surface area contributed by atoms with Crippen LogP contribution in [0.4, 0.5) is 0 Å². The minimum absolute atomic E-state index is 0.0336. The molecule has 13 atom stereocenters. The highest BCUT2D eigenvalue weighted by Gasteiger charge is 2.39. The molecular weight excluding hydrogens is 1410 g/mol. The van der Waals surface area contributed by atoms with Crippen LogP contribution >= 0.6 is 11.8 Å². The number of primary amides is 1. The lowest BCUT2D eigenvalue weighted by molar-refractivity contribution is -0.143. The Morgan fingerprint density at radius 1 is 0.462 bits per heavy atom. The number of rotatable bonds is 51. The highest BCUT2D eigenvalue weighted by molar-refractivity contribution is 7.98. The first kappa shape index (κ1) is 94.1. The summed E-state index contributed by atoms with van der Waals surface area (Å²) in [4.78, 5) is 220. The summed E-state index contributed by atoms with van der Waals surface area (Å²) < 4.78 is 0. The molecule has 0 aliphatic heterocycles. The number of nitrogens with one attached hydrogen (secondary N) is 12. The third-order valence-electron chi connectivity index (χ3n) is 16.2. The average Bonchev–Trinajstić information content (AvgIpc) is 0.850. The van der Waals surface area contributed by atoms with Crippen molar-refractivity contribution in [1.29, 1.82) is 0 Å². The second-order valence-electron chi connectivity index (χ2n) is 27.7. The van der Waals surface area contributed by atoms with Gasteiger partial charge in [-0.3, -0.25) is 76.9 Å². The zero-order chi connectivity index (χ0) is 80.8. The van der Waals surface area contributed by atoms with Gasteiger partial charge in [0, 0.05) is 19.4 Å². The maximum absolute atomic E-state index is 14.7. The number of amides is 13. The van der Waals surface area contributed by atoms with Gasteiger partial charge in [0.25, 0.3) is 0 Å². The van der Waals surface area contributed by atoms with Crippen molar-refractivity contribution in [2.75, 3.05) is 25.1 Å². The predicted octanol–water partition coefficient (Wildman–Crippen LogP) is -2.93. The number of carbonyl (C=O) groups excluding carboxylic acids is 13. The number of aliphatic imine (C=N–C) groups is 1. The molecule has 0 unspecified atom stereocenters. The van der Waals surface area contributed by atoms with Crippen LogP contribution in [0.3, 0.4) is 0 Å². The number of aromatic hydroxyl groups is 1. The van der Waals surface area contributed by atoms with Crippen LogP contribution in [0, 0.1) is 29.6 Å². The summed E-state index contributed by atoms with van der Waals surface area (Å²) in [6.07, 6.45) is -1.86. The molecule has 0 saturated heterocycles. The van der Waals surface area contributed by atoms with Gasteiger partial charge < -0.3 is 107 Å². The number of aliphatic carboxylic acids is 3. The van der Waals surface area contributed by atoms with Crippen LogP contribution in [0.1, 0.15) is 159 Å². The van der Waals surface area contributed by atoms with Crippen molar-refractivity contribution in [2.24, 2.45) is 57.5 Å². The molecule has 1 rings (SSSR count). The Morgan fingerprint density at radius 3 is 1.36 bits per heavy atom. The smallest absolute Gasteiger partial charge is 0.326 e. The van der Waals surface area contributed by atoms with E-state index >= 15 is 0 Å². The third-order valence-corrected chi connectivity index (χ3v) is 16.9. The number of nitrogens with zero attached hydrogens (tertiary/aromatic N) is 1. The lowest BCUT2D eigenvalue weighted by atomic mass is 9.96. The minimum atomic E-state index is -2.09. The maximum Gasteiger partial charge on any atom is 0.326 e. The van der Waals surface area contributed by atoms with Crippen LogP contribution in [-0.4, -0.2) is 219 Å². The van der Waals surface area contributed by atoms with Crippen molar-refractivity contribution in [3.63, 3.8) is 0 Å². The Bertz CT molecular complexity index is 3190. The number of carboxylic acid groups (broad SMARTS) is 3. The first-order valence-electron chi connectivity index (χ1n) is 35.1. The fourth-order valence-corrected chi connectivity index (χ4v) is 10.9. The molecule has 0 heterocycles. The molecule has 106 heavy (non-hydrogen) atoms. The highest BCUT2D eigenvalue weighted by atomic mass is 32.2. The monoisotopic (exact) mass is 1520 g/mol. The molecule has 37 nitrogen and oxygen atoms in total. The summed E-state index contributed by atoms with van der Waals surface area (Å²) in [5.41, 5.74) is 22.8. The predicted molar refractivity (Wildman–Crippen MR) is 390 cm³/mol. The molecule has 0 aromatic heterocycles. The summed E-state index contributed by atoms with van der Waals surface area (Å²) in [5.74, 6) is -19.3. The fourth-order valence-electron chi connectivity index (χ4n) is 10.4.